The molecule has 3 aliphatic rings. The van der Waals surface area contributed by atoms with Gasteiger partial charge in [-0.2, -0.15) is 0 Å². The number of fused-ring (bicyclic) bond motifs is 2. The van der Waals surface area contributed by atoms with E-state index < -0.39 is 0 Å². The van der Waals surface area contributed by atoms with Crippen molar-refractivity contribution in [1.29, 1.82) is 0 Å². The summed E-state index contributed by atoms with van der Waals surface area (Å²) in [6, 6.07) is 0. The van der Waals surface area contributed by atoms with Crippen LogP contribution in [0.2, 0.25) is 0 Å². The van der Waals surface area contributed by atoms with E-state index in [1.807, 2.05) is 0 Å². The van der Waals surface area contributed by atoms with Gasteiger partial charge < -0.3 is 0 Å². The van der Waals surface area contributed by atoms with Crippen LogP contribution in [0.5, 0.6) is 0 Å². The van der Waals surface area contributed by atoms with Crippen LogP contribution in [0.15, 0.2) is 0 Å². The topological polar surface area (TPSA) is 0 Å². The van der Waals surface area contributed by atoms with Crippen LogP contribution < -0.4 is 0 Å². The van der Waals surface area contributed by atoms with E-state index in [9.17, 15) is 0 Å². The molecule has 3 fully saturated rings. The summed E-state index contributed by atoms with van der Waals surface area (Å²) in [4.78, 5) is 0. The zero-order valence-electron chi connectivity index (χ0n) is 9.94. The molecule has 0 amide bonds. The second-order valence-corrected chi connectivity index (χ2v) is 7.23. The second kappa shape index (κ2) is 3.23. The standard InChI is InChI=1S/C13H23Br/c1-12(2,8-14)10-6-5-9-7-11(10)13(9,3)4/h9-11H,5-8H2,1-4H3. The van der Waals surface area contributed by atoms with Gasteiger partial charge in [0.05, 0.1) is 0 Å². The second-order valence-electron chi connectivity index (χ2n) is 6.67. The SMILES string of the molecule is CC(C)(CBr)C1CCC2CC1C2(C)C. The summed E-state index contributed by atoms with van der Waals surface area (Å²) in [5.74, 6) is 2.98. The molecule has 0 N–H and O–H groups in total. The molecule has 3 saturated carbocycles. The fourth-order valence-corrected chi connectivity index (χ4v) is 4.26. The molecule has 1 heteroatoms. The monoisotopic (exact) mass is 258 g/mol. The molecule has 0 spiro atoms. The normalized spacial score (nSPS) is 40.5. The molecule has 3 atom stereocenters. The van der Waals surface area contributed by atoms with Crippen molar-refractivity contribution in [1.82, 2.24) is 0 Å². The highest BCUT2D eigenvalue weighted by Crippen LogP contribution is 2.64. The Morgan fingerprint density at radius 1 is 1.29 bits per heavy atom. The van der Waals surface area contributed by atoms with Crippen molar-refractivity contribution in [3.63, 3.8) is 0 Å². The maximum atomic E-state index is 3.69. The van der Waals surface area contributed by atoms with Gasteiger partial charge in [0.15, 0.2) is 0 Å². The number of alkyl halides is 1. The van der Waals surface area contributed by atoms with E-state index in [0.29, 0.717) is 10.8 Å². The molecule has 0 aromatic heterocycles. The minimum Gasteiger partial charge on any atom is -0.0922 e. The Morgan fingerprint density at radius 2 is 1.93 bits per heavy atom. The zero-order chi connectivity index (χ0) is 10.6. The molecule has 2 bridgehead atoms. The number of hydrogen-bond donors (Lipinski definition) is 0. The lowest BCUT2D eigenvalue weighted by molar-refractivity contribution is -0.133. The van der Waals surface area contributed by atoms with E-state index >= 15 is 0 Å². The molecule has 3 aliphatic carbocycles. The summed E-state index contributed by atoms with van der Waals surface area (Å²) in [5.41, 5.74) is 1.13. The van der Waals surface area contributed by atoms with Crippen molar-refractivity contribution in [2.75, 3.05) is 5.33 Å². The van der Waals surface area contributed by atoms with Crippen molar-refractivity contribution >= 4 is 15.9 Å². The summed E-state index contributed by atoms with van der Waals surface area (Å²) < 4.78 is 0. The first-order chi connectivity index (χ1) is 6.39. The van der Waals surface area contributed by atoms with Crippen molar-refractivity contribution in [3.05, 3.63) is 0 Å². The van der Waals surface area contributed by atoms with Crippen LogP contribution in [0.1, 0.15) is 47.0 Å². The third-order valence-corrected chi connectivity index (χ3v) is 6.65. The minimum absolute atomic E-state index is 0.493. The predicted molar refractivity (Wildman–Crippen MR) is 65.7 cm³/mol. The third kappa shape index (κ3) is 1.38. The van der Waals surface area contributed by atoms with Crippen LogP contribution in [0.3, 0.4) is 0 Å². The molecule has 3 rings (SSSR count). The lowest BCUT2D eigenvalue weighted by atomic mass is 9.42. The Bertz CT molecular complexity index is 227. The molecule has 82 valence electrons. The first kappa shape index (κ1) is 11.0. The number of halogens is 1. The highest BCUT2D eigenvalue weighted by Gasteiger charge is 2.56. The lowest BCUT2D eigenvalue weighted by Gasteiger charge is -2.63. The van der Waals surface area contributed by atoms with Crippen LogP contribution in [0, 0.1) is 28.6 Å². The Kier molecular flexibility index (Phi) is 2.54. The van der Waals surface area contributed by atoms with E-state index in [-0.39, 0.29) is 0 Å². The molecular formula is C13H23Br. The van der Waals surface area contributed by atoms with Gasteiger partial charge in [0, 0.05) is 5.33 Å². The van der Waals surface area contributed by atoms with Gasteiger partial charge in [0.25, 0.3) is 0 Å². The van der Waals surface area contributed by atoms with Crippen LogP contribution in [-0.2, 0) is 0 Å². The summed E-state index contributed by atoms with van der Waals surface area (Å²) in [5, 5.41) is 1.15. The first-order valence-corrected chi connectivity index (χ1v) is 7.07. The van der Waals surface area contributed by atoms with Gasteiger partial charge in [-0.15, -0.1) is 0 Å². The molecular weight excluding hydrogens is 236 g/mol. The summed E-state index contributed by atoms with van der Waals surface area (Å²) >= 11 is 3.69. The Labute approximate surface area is 97.0 Å². The zero-order valence-corrected chi connectivity index (χ0v) is 11.5. The van der Waals surface area contributed by atoms with Crippen molar-refractivity contribution in [2.24, 2.45) is 28.6 Å². The van der Waals surface area contributed by atoms with Crippen LogP contribution in [0.25, 0.3) is 0 Å². The maximum absolute atomic E-state index is 3.69. The van der Waals surface area contributed by atoms with Crippen molar-refractivity contribution in [2.45, 2.75) is 47.0 Å². The van der Waals surface area contributed by atoms with Gasteiger partial charge in [-0.1, -0.05) is 43.6 Å². The molecule has 3 unspecified atom stereocenters. The largest absolute Gasteiger partial charge is 0.0922 e. The van der Waals surface area contributed by atoms with Gasteiger partial charge in [0.1, 0.15) is 0 Å². The average molecular weight is 259 g/mol. The molecule has 0 aromatic carbocycles. The van der Waals surface area contributed by atoms with Crippen LogP contribution in [0.4, 0.5) is 0 Å². The Morgan fingerprint density at radius 3 is 2.36 bits per heavy atom. The van der Waals surface area contributed by atoms with Gasteiger partial charge in [-0.3, -0.25) is 0 Å². The third-order valence-electron chi connectivity index (χ3n) is 5.21. The Hall–Kier alpha value is 0.480. The molecule has 0 heterocycles. The first-order valence-electron chi connectivity index (χ1n) is 5.95. The maximum Gasteiger partial charge on any atom is 0.00854 e. The quantitative estimate of drug-likeness (QED) is 0.641. The number of rotatable bonds is 2. The summed E-state index contributed by atoms with van der Waals surface area (Å²) in [6.07, 6.45) is 4.45. The molecule has 0 nitrogen and oxygen atoms in total. The summed E-state index contributed by atoms with van der Waals surface area (Å²) in [7, 11) is 0. The van der Waals surface area contributed by atoms with Crippen LogP contribution >= 0.6 is 15.9 Å². The Balaban J connectivity index is 2.15. The number of hydrogen-bond acceptors (Lipinski definition) is 0. The highest BCUT2D eigenvalue weighted by molar-refractivity contribution is 9.09. The van der Waals surface area contributed by atoms with Gasteiger partial charge in [-0.25, -0.2) is 0 Å². The summed E-state index contributed by atoms with van der Waals surface area (Å²) in [6.45, 7) is 9.84. The molecule has 0 aliphatic heterocycles. The fraction of sp³-hybridized carbons (Fsp3) is 1.00. The van der Waals surface area contributed by atoms with E-state index in [2.05, 4.69) is 43.6 Å². The van der Waals surface area contributed by atoms with Crippen molar-refractivity contribution < 1.29 is 0 Å². The van der Waals surface area contributed by atoms with Gasteiger partial charge >= 0.3 is 0 Å². The minimum atomic E-state index is 0.493. The lowest BCUT2D eigenvalue weighted by Crippen LogP contribution is -2.55. The molecule has 0 aromatic rings. The smallest absolute Gasteiger partial charge is 0.00854 e. The van der Waals surface area contributed by atoms with E-state index in [1.54, 1.807) is 0 Å². The highest BCUT2D eigenvalue weighted by atomic mass is 79.9. The van der Waals surface area contributed by atoms with E-state index in [1.165, 1.54) is 19.3 Å². The van der Waals surface area contributed by atoms with E-state index in [0.717, 1.165) is 23.1 Å². The van der Waals surface area contributed by atoms with Crippen molar-refractivity contribution in [3.8, 4) is 0 Å². The van der Waals surface area contributed by atoms with Gasteiger partial charge in [-0.05, 0) is 47.8 Å². The molecule has 0 radical (unpaired) electrons. The van der Waals surface area contributed by atoms with Gasteiger partial charge in [0.2, 0.25) is 0 Å². The average Bonchev–Trinajstić information content (AvgIpc) is 2.17. The van der Waals surface area contributed by atoms with Crippen LogP contribution in [-0.4, -0.2) is 5.33 Å². The molecule has 0 saturated heterocycles. The van der Waals surface area contributed by atoms with E-state index in [4.69, 9.17) is 0 Å². The predicted octanol–water partition coefficient (Wildman–Crippen LogP) is 4.48. The molecule has 14 heavy (non-hydrogen) atoms. The fourth-order valence-electron chi connectivity index (χ4n) is 3.85.